The molecule has 2 aromatic rings. The van der Waals surface area contributed by atoms with Gasteiger partial charge in [-0.05, 0) is 35.7 Å². The number of anilines is 2. The molecule has 0 aliphatic carbocycles. The van der Waals surface area contributed by atoms with Crippen molar-refractivity contribution in [3.8, 4) is 0 Å². The molecule has 1 heterocycles. The molecule has 0 unspecified atom stereocenters. The number of nitrogens with one attached hydrogen (secondary N) is 2. The quantitative estimate of drug-likeness (QED) is 0.768. The van der Waals surface area contributed by atoms with Crippen LogP contribution in [-0.4, -0.2) is 31.2 Å². The Labute approximate surface area is 137 Å². The number of ether oxygens (including phenoxy) is 1. The number of benzene rings is 1. The largest absolute Gasteiger partial charge is 0.383 e. The Morgan fingerprint density at radius 1 is 1.13 bits per heavy atom. The number of carbonyl (C=O) groups is 1. The summed E-state index contributed by atoms with van der Waals surface area (Å²) in [5, 5.41) is 6.01. The van der Waals surface area contributed by atoms with Crippen LogP contribution in [0.4, 0.5) is 11.4 Å². The van der Waals surface area contributed by atoms with Gasteiger partial charge in [-0.2, -0.15) is 0 Å². The van der Waals surface area contributed by atoms with Crippen molar-refractivity contribution < 1.29 is 9.53 Å². The third kappa shape index (κ3) is 5.07. The van der Waals surface area contributed by atoms with Crippen molar-refractivity contribution in [1.82, 2.24) is 4.98 Å². The first-order valence-electron chi connectivity index (χ1n) is 7.70. The molecule has 1 aromatic heterocycles. The second kappa shape index (κ2) is 8.29. The van der Waals surface area contributed by atoms with Crippen LogP contribution < -0.4 is 10.6 Å². The molecular weight excluding hydrogens is 290 g/mol. The van der Waals surface area contributed by atoms with Crippen molar-refractivity contribution in [2.24, 2.45) is 0 Å². The first kappa shape index (κ1) is 17.0. The highest BCUT2D eigenvalue weighted by Gasteiger charge is 2.08. The molecule has 0 saturated carbocycles. The lowest BCUT2D eigenvalue weighted by molar-refractivity contribution is 0.102. The second-order valence-corrected chi connectivity index (χ2v) is 5.58. The Balaban J connectivity index is 1.94. The molecule has 2 rings (SSSR count). The van der Waals surface area contributed by atoms with Crippen molar-refractivity contribution in [1.29, 1.82) is 0 Å². The van der Waals surface area contributed by atoms with E-state index in [1.165, 1.54) is 5.56 Å². The van der Waals surface area contributed by atoms with Crippen LogP contribution in [-0.2, 0) is 4.74 Å². The monoisotopic (exact) mass is 313 g/mol. The van der Waals surface area contributed by atoms with E-state index in [1.54, 1.807) is 19.4 Å². The third-order valence-electron chi connectivity index (χ3n) is 3.47. The van der Waals surface area contributed by atoms with Gasteiger partial charge in [-0.1, -0.05) is 26.0 Å². The van der Waals surface area contributed by atoms with Gasteiger partial charge in [-0.25, -0.2) is 4.98 Å². The number of methoxy groups -OCH3 is 1. The van der Waals surface area contributed by atoms with Crippen molar-refractivity contribution >= 4 is 17.3 Å². The molecule has 0 atom stereocenters. The fraction of sp³-hybridized carbons (Fsp3) is 0.333. The van der Waals surface area contributed by atoms with Crippen LogP contribution in [0.3, 0.4) is 0 Å². The highest BCUT2D eigenvalue weighted by molar-refractivity contribution is 6.02. The molecule has 0 aliphatic heterocycles. The molecular formula is C18H23N3O2. The van der Waals surface area contributed by atoms with Gasteiger partial charge in [0, 0.05) is 19.3 Å². The summed E-state index contributed by atoms with van der Waals surface area (Å²) in [5.74, 6) is 0.255. The van der Waals surface area contributed by atoms with Gasteiger partial charge < -0.3 is 15.4 Å². The lowest BCUT2D eigenvalue weighted by Gasteiger charge is -2.09. The Hall–Kier alpha value is -2.40. The summed E-state index contributed by atoms with van der Waals surface area (Å²) in [7, 11) is 1.65. The number of amides is 1. The molecule has 5 heteroatoms. The van der Waals surface area contributed by atoms with Crippen LogP contribution in [0.5, 0.6) is 0 Å². The van der Waals surface area contributed by atoms with Gasteiger partial charge in [0.05, 0.1) is 18.5 Å². The van der Waals surface area contributed by atoms with Crippen LogP contribution in [0.2, 0.25) is 0 Å². The molecule has 122 valence electrons. The van der Waals surface area contributed by atoms with Crippen LogP contribution >= 0.6 is 0 Å². The summed E-state index contributed by atoms with van der Waals surface area (Å²) in [4.78, 5) is 16.4. The minimum Gasteiger partial charge on any atom is -0.383 e. The van der Waals surface area contributed by atoms with Gasteiger partial charge in [0.1, 0.15) is 5.69 Å². The normalized spacial score (nSPS) is 10.6. The fourth-order valence-electron chi connectivity index (χ4n) is 2.08. The lowest BCUT2D eigenvalue weighted by atomic mass is 10.0. The minimum absolute atomic E-state index is 0.217. The zero-order valence-corrected chi connectivity index (χ0v) is 13.8. The number of nitrogens with zero attached hydrogens (tertiary/aromatic N) is 1. The Kier molecular flexibility index (Phi) is 6.11. The molecule has 2 N–H and O–H groups in total. The van der Waals surface area contributed by atoms with Crippen molar-refractivity contribution in [3.63, 3.8) is 0 Å². The molecule has 0 fully saturated rings. The maximum absolute atomic E-state index is 12.2. The average molecular weight is 313 g/mol. The second-order valence-electron chi connectivity index (χ2n) is 5.58. The first-order chi connectivity index (χ1) is 11.1. The number of hydrogen-bond donors (Lipinski definition) is 2. The summed E-state index contributed by atoms with van der Waals surface area (Å²) in [6.45, 7) is 5.60. The number of aromatic nitrogens is 1. The van der Waals surface area contributed by atoms with E-state index in [1.807, 2.05) is 30.3 Å². The SMILES string of the molecule is COCCNc1ccc(C(=O)Nc2ccc(C(C)C)cc2)nc1. The molecule has 0 spiro atoms. The molecule has 23 heavy (non-hydrogen) atoms. The molecule has 0 aliphatic rings. The van der Waals surface area contributed by atoms with E-state index >= 15 is 0 Å². The van der Waals surface area contributed by atoms with Crippen molar-refractivity contribution in [2.75, 3.05) is 30.9 Å². The van der Waals surface area contributed by atoms with Gasteiger partial charge in [0.2, 0.25) is 0 Å². The van der Waals surface area contributed by atoms with Gasteiger partial charge in [0.15, 0.2) is 0 Å². The Morgan fingerprint density at radius 2 is 1.83 bits per heavy atom. The zero-order chi connectivity index (χ0) is 16.7. The highest BCUT2D eigenvalue weighted by Crippen LogP contribution is 2.17. The Bertz CT molecular complexity index is 622. The number of rotatable bonds is 7. The van der Waals surface area contributed by atoms with Gasteiger partial charge in [0.25, 0.3) is 5.91 Å². The summed E-state index contributed by atoms with van der Waals surface area (Å²) in [6.07, 6.45) is 1.65. The predicted molar refractivity (Wildman–Crippen MR) is 93.1 cm³/mol. The highest BCUT2D eigenvalue weighted by atomic mass is 16.5. The number of carbonyl (C=O) groups excluding carboxylic acids is 1. The molecule has 5 nitrogen and oxygen atoms in total. The number of hydrogen-bond acceptors (Lipinski definition) is 4. The van der Waals surface area contributed by atoms with E-state index in [9.17, 15) is 4.79 Å². The maximum atomic E-state index is 12.2. The van der Waals surface area contributed by atoms with Crippen LogP contribution in [0, 0.1) is 0 Å². The molecule has 1 amide bonds. The van der Waals surface area contributed by atoms with Gasteiger partial charge in [-0.15, -0.1) is 0 Å². The molecule has 1 aromatic carbocycles. The molecule has 0 bridgehead atoms. The van der Waals surface area contributed by atoms with Crippen LogP contribution in [0.1, 0.15) is 35.8 Å². The van der Waals surface area contributed by atoms with E-state index in [2.05, 4.69) is 29.5 Å². The minimum atomic E-state index is -0.217. The van der Waals surface area contributed by atoms with Crippen LogP contribution in [0.25, 0.3) is 0 Å². The van der Waals surface area contributed by atoms with Crippen molar-refractivity contribution in [3.05, 3.63) is 53.9 Å². The van der Waals surface area contributed by atoms with Crippen LogP contribution in [0.15, 0.2) is 42.6 Å². The maximum Gasteiger partial charge on any atom is 0.274 e. The zero-order valence-electron chi connectivity index (χ0n) is 13.8. The standard InChI is InChI=1S/C18H23N3O2/c1-13(2)14-4-6-15(7-5-14)21-18(22)17-9-8-16(12-20-17)19-10-11-23-3/h4-9,12-13,19H,10-11H2,1-3H3,(H,21,22). The lowest BCUT2D eigenvalue weighted by Crippen LogP contribution is -2.14. The van der Waals surface area contributed by atoms with E-state index in [-0.39, 0.29) is 5.91 Å². The third-order valence-corrected chi connectivity index (χ3v) is 3.47. The summed E-state index contributed by atoms with van der Waals surface area (Å²) >= 11 is 0. The average Bonchev–Trinajstić information content (AvgIpc) is 2.56. The van der Waals surface area contributed by atoms with E-state index in [4.69, 9.17) is 4.74 Å². The molecule has 0 radical (unpaired) electrons. The summed E-state index contributed by atoms with van der Waals surface area (Å²) < 4.78 is 4.97. The van der Waals surface area contributed by atoms with Crippen molar-refractivity contribution in [2.45, 2.75) is 19.8 Å². The fourth-order valence-corrected chi connectivity index (χ4v) is 2.08. The smallest absolute Gasteiger partial charge is 0.274 e. The van der Waals surface area contributed by atoms with E-state index in [0.717, 1.165) is 11.4 Å². The Morgan fingerprint density at radius 3 is 2.39 bits per heavy atom. The number of pyridine rings is 1. The summed E-state index contributed by atoms with van der Waals surface area (Å²) in [5.41, 5.74) is 3.26. The van der Waals surface area contributed by atoms with Gasteiger partial charge in [-0.3, -0.25) is 4.79 Å². The summed E-state index contributed by atoms with van der Waals surface area (Å²) in [6, 6.07) is 11.4. The van der Waals surface area contributed by atoms with Gasteiger partial charge >= 0.3 is 0 Å². The predicted octanol–water partition coefficient (Wildman–Crippen LogP) is 3.52. The van der Waals surface area contributed by atoms with E-state index < -0.39 is 0 Å². The van der Waals surface area contributed by atoms with E-state index in [0.29, 0.717) is 24.8 Å². The molecule has 0 saturated heterocycles. The first-order valence-corrected chi connectivity index (χ1v) is 7.70. The topological polar surface area (TPSA) is 63.2 Å².